The van der Waals surface area contributed by atoms with Crippen LogP contribution in [-0.4, -0.2) is 23.4 Å². The van der Waals surface area contributed by atoms with Crippen molar-refractivity contribution in [2.75, 3.05) is 6.54 Å². The number of nitrogens with one attached hydrogen (secondary N) is 1. The second-order valence-corrected chi connectivity index (χ2v) is 6.40. The summed E-state index contributed by atoms with van der Waals surface area (Å²) in [6, 6.07) is 7.67. The molecule has 2 unspecified atom stereocenters. The van der Waals surface area contributed by atoms with Gasteiger partial charge in [-0.05, 0) is 43.4 Å². The Hall–Kier alpha value is -1.06. The highest BCUT2D eigenvalue weighted by Gasteiger charge is 2.36. The van der Waals surface area contributed by atoms with Crippen LogP contribution in [0.4, 0.5) is 0 Å². The molecule has 1 amide bonds. The summed E-state index contributed by atoms with van der Waals surface area (Å²) in [7, 11) is 0. The molecule has 1 aromatic carbocycles. The van der Waals surface area contributed by atoms with Crippen LogP contribution >= 0.6 is 11.6 Å². The molecule has 1 N–H and O–H groups in total. The molecule has 0 bridgehead atoms. The van der Waals surface area contributed by atoms with Crippen LogP contribution in [0, 0.1) is 5.92 Å². The lowest BCUT2D eigenvalue weighted by Crippen LogP contribution is -2.31. The molecule has 0 radical (unpaired) electrons. The molecule has 3 nitrogen and oxygen atoms in total. The molecular weight excluding hydrogens is 272 g/mol. The molecule has 1 saturated carbocycles. The van der Waals surface area contributed by atoms with Gasteiger partial charge in [-0.3, -0.25) is 10.1 Å². The molecule has 2 fully saturated rings. The van der Waals surface area contributed by atoms with E-state index >= 15 is 0 Å². The second kappa shape index (κ2) is 5.74. The summed E-state index contributed by atoms with van der Waals surface area (Å²) in [5.74, 6) is 1.12. The third-order valence-electron chi connectivity index (χ3n) is 4.25. The Kier molecular flexibility index (Phi) is 3.99. The Labute approximate surface area is 125 Å². The van der Waals surface area contributed by atoms with E-state index in [0.717, 1.165) is 24.4 Å². The zero-order chi connectivity index (χ0) is 14.1. The highest BCUT2D eigenvalue weighted by atomic mass is 35.5. The van der Waals surface area contributed by atoms with Gasteiger partial charge in [0, 0.05) is 11.6 Å². The van der Waals surface area contributed by atoms with Crippen LogP contribution in [0.25, 0.3) is 0 Å². The van der Waals surface area contributed by atoms with Crippen molar-refractivity contribution in [3.63, 3.8) is 0 Å². The van der Waals surface area contributed by atoms with Crippen LogP contribution in [0.15, 0.2) is 24.3 Å². The van der Waals surface area contributed by atoms with Crippen LogP contribution in [0.3, 0.4) is 0 Å². The first-order valence-electron chi connectivity index (χ1n) is 7.47. The van der Waals surface area contributed by atoms with Gasteiger partial charge in [0.05, 0.1) is 6.04 Å². The molecule has 108 valence electrons. The van der Waals surface area contributed by atoms with E-state index in [0.29, 0.717) is 5.02 Å². The van der Waals surface area contributed by atoms with E-state index in [1.807, 2.05) is 36.1 Å². The molecule has 1 heterocycles. The monoisotopic (exact) mass is 292 g/mol. The van der Waals surface area contributed by atoms with E-state index in [1.54, 1.807) is 0 Å². The summed E-state index contributed by atoms with van der Waals surface area (Å²) in [6.45, 7) is 2.77. The normalized spacial score (nSPS) is 26.3. The number of carbonyl (C=O) groups is 1. The van der Waals surface area contributed by atoms with Crippen LogP contribution in [-0.2, 0) is 4.79 Å². The Bertz CT molecular complexity index is 501. The zero-order valence-electron chi connectivity index (χ0n) is 11.8. The van der Waals surface area contributed by atoms with Gasteiger partial charge in [-0.15, -0.1) is 0 Å². The minimum Gasteiger partial charge on any atom is -0.322 e. The average Bonchev–Trinajstić information content (AvgIpc) is 3.20. The minimum absolute atomic E-state index is 0.0320. The summed E-state index contributed by atoms with van der Waals surface area (Å²) in [5.41, 5.74) is 1.07. The fourth-order valence-corrected chi connectivity index (χ4v) is 3.12. The number of hydrogen-bond donors (Lipinski definition) is 1. The number of hydrogen-bond acceptors (Lipinski definition) is 2. The Morgan fingerprint density at radius 3 is 2.90 bits per heavy atom. The largest absolute Gasteiger partial charge is 0.322 e. The van der Waals surface area contributed by atoms with Crippen molar-refractivity contribution in [2.24, 2.45) is 5.92 Å². The molecule has 1 saturated heterocycles. The van der Waals surface area contributed by atoms with Crippen LogP contribution in [0.5, 0.6) is 0 Å². The van der Waals surface area contributed by atoms with Gasteiger partial charge in [0.15, 0.2) is 0 Å². The van der Waals surface area contributed by atoms with Crippen molar-refractivity contribution in [3.05, 3.63) is 34.9 Å². The van der Waals surface area contributed by atoms with Gasteiger partial charge in [-0.1, -0.05) is 36.6 Å². The maximum atomic E-state index is 12.3. The van der Waals surface area contributed by atoms with E-state index in [9.17, 15) is 4.79 Å². The first kappa shape index (κ1) is 13.9. The van der Waals surface area contributed by atoms with Crippen LogP contribution in [0.2, 0.25) is 5.02 Å². The SMILES string of the molecule is CC1NC(c2cccc(Cl)c2)N(CCCC2CC2)C1=O. The number of benzene rings is 1. The fourth-order valence-electron chi connectivity index (χ4n) is 2.92. The van der Waals surface area contributed by atoms with Crippen molar-refractivity contribution < 1.29 is 4.79 Å². The summed E-state index contributed by atoms with van der Waals surface area (Å²) >= 11 is 6.07. The van der Waals surface area contributed by atoms with Crippen molar-refractivity contribution >= 4 is 17.5 Å². The van der Waals surface area contributed by atoms with E-state index in [2.05, 4.69) is 5.32 Å². The van der Waals surface area contributed by atoms with Crippen LogP contribution < -0.4 is 5.32 Å². The quantitative estimate of drug-likeness (QED) is 0.903. The highest BCUT2D eigenvalue weighted by molar-refractivity contribution is 6.30. The topological polar surface area (TPSA) is 32.3 Å². The van der Waals surface area contributed by atoms with E-state index < -0.39 is 0 Å². The van der Waals surface area contributed by atoms with Crippen molar-refractivity contribution in [3.8, 4) is 0 Å². The number of carbonyl (C=O) groups excluding carboxylic acids is 1. The molecule has 2 atom stereocenters. The first-order valence-corrected chi connectivity index (χ1v) is 7.85. The molecule has 0 aromatic heterocycles. The molecule has 0 spiro atoms. The van der Waals surface area contributed by atoms with Crippen LogP contribution in [0.1, 0.15) is 44.3 Å². The van der Waals surface area contributed by atoms with E-state index in [1.165, 1.54) is 19.3 Å². The number of nitrogens with zero attached hydrogens (tertiary/aromatic N) is 1. The van der Waals surface area contributed by atoms with Crippen molar-refractivity contribution in [1.82, 2.24) is 10.2 Å². The number of halogens is 1. The summed E-state index contributed by atoms with van der Waals surface area (Å²) in [6.07, 6.45) is 5.07. The average molecular weight is 293 g/mol. The Balaban J connectivity index is 1.71. The smallest absolute Gasteiger partial charge is 0.241 e. The Morgan fingerprint density at radius 2 is 2.20 bits per heavy atom. The van der Waals surface area contributed by atoms with Crippen molar-refractivity contribution in [2.45, 2.75) is 44.8 Å². The standard InChI is InChI=1S/C16H21ClN2O/c1-11-16(20)19(9-3-4-12-7-8-12)15(18-11)13-5-2-6-14(17)10-13/h2,5-6,10-12,15,18H,3-4,7-9H2,1H3. The van der Waals surface area contributed by atoms with Gasteiger partial charge in [-0.2, -0.15) is 0 Å². The molecule has 20 heavy (non-hydrogen) atoms. The molecule has 1 aliphatic heterocycles. The van der Waals surface area contributed by atoms with Gasteiger partial charge in [0.2, 0.25) is 5.91 Å². The first-order chi connectivity index (χ1) is 9.65. The summed E-state index contributed by atoms with van der Waals surface area (Å²) < 4.78 is 0. The third kappa shape index (κ3) is 2.99. The predicted molar refractivity (Wildman–Crippen MR) is 80.5 cm³/mol. The maximum Gasteiger partial charge on any atom is 0.241 e. The van der Waals surface area contributed by atoms with E-state index in [-0.39, 0.29) is 18.1 Å². The lowest BCUT2D eigenvalue weighted by Gasteiger charge is -2.24. The van der Waals surface area contributed by atoms with Crippen molar-refractivity contribution in [1.29, 1.82) is 0 Å². The van der Waals surface area contributed by atoms with Gasteiger partial charge < -0.3 is 4.90 Å². The molecule has 3 rings (SSSR count). The maximum absolute atomic E-state index is 12.3. The number of rotatable bonds is 5. The summed E-state index contributed by atoms with van der Waals surface area (Å²) in [4.78, 5) is 14.3. The number of amides is 1. The van der Waals surface area contributed by atoms with Gasteiger partial charge in [0.25, 0.3) is 0 Å². The lowest BCUT2D eigenvalue weighted by atomic mass is 10.1. The third-order valence-corrected chi connectivity index (χ3v) is 4.48. The van der Waals surface area contributed by atoms with Gasteiger partial charge in [0.1, 0.15) is 6.17 Å². The lowest BCUT2D eigenvalue weighted by molar-refractivity contribution is -0.129. The minimum atomic E-state index is -0.111. The predicted octanol–water partition coefficient (Wildman–Crippen LogP) is 3.35. The van der Waals surface area contributed by atoms with Gasteiger partial charge in [-0.25, -0.2) is 0 Å². The second-order valence-electron chi connectivity index (χ2n) is 5.96. The van der Waals surface area contributed by atoms with E-state index in [4.69, 9.17) is 11.6 Å². The molecule has 1 aliphatic carbocycles. The fraction of sp³-hybridized carbons (Fsp3) is 0.562. The van der Waals surface area contributed by atoms with Gasteiger partial charge >= 0.3 is 0 Å². The molecule has 4 heteroatoms. The molecular formula is C16H21ClN2O. The molecule has 1 aromatic rings. The highest BCUT2D eigenvalue weighted by Crippen LogP contribution is 2.34. The zero-order valence-corrected chi connectivity index (χ0v) is 12.6. The summed E-state index contributed by atoms with van der Waals surface area (Å²) in [5, 5.41) is 4.09. The Morgan fingerprint density at radius 1 is 1.40 bits per heavy atom. The molecule has 2 aliphatic rings.